The van der Waals surface area contributed by atoms with Gasteiger partial charge in [-0.05, 0) is 23.8 Å². The Labute approximate surface area is 179 Å². The first-order valence-corrected chi connectivity index (χ1v) is 9.76. The summed E-state index contributed by atoms with van der Waals surface area (Å²) in [5, 5.41) is 13.6. The SMILES string of the molecule is COc1ccc(CN2CCN(c3cc(NC(C)=O)c([N+](=O)[O-])cc3F)CC2)cc1OC. The van der Waals surface area contributed by atoms with Gasteiger partial charge in [-0.3, -0.25) is 19.8 Å². The number of nitrogens with zero attached hydrogens (tertiary/aromatic N) is 3. The minimum Gasteiger partial charge on any atom is -0.493 e. The fourth-order valence-electron chi connectivity index (χ4n) is 3.62. The number of amides is 1. The van der Waals surface area contributed by atoms with Gasteiger partial charge in [-0.2, -0.15) is 0 Å². The molecule has 0 bridgehead atoms. The first-order chi connectivity index (χ1) is 14.8. The summed E-state index contributed by atoms with van der Waals surface area (Å²) in [4.78, 5) is 25.9. The predicted molar refractivity (Wildman–Crippen MR) is 114 cm³/mol. The second-order valence-corrected chi connectivity index (χ2v) is 7.21. The summed E-state index contributed by atoms with van der Waals surface area (Å²) in [6.45, 7) is 4.40. The van der Waals surface area contributed by atoms with Crippen LogP contribution in [-0.2, 0) is 11.3 Å². The zero-order chi connectivity index (χ0) is 22.5. The third kappa shape index (κ3) is 5.21. The average molecular weight is 432 g/mol. The molecule has 2 aromatic rings. The summed E-state index contributed by atoms with van der Waals surface area (Å²) < 4.78 is 25.2. The van der Waals surface area contributed by atoms with Crippen molar-refractivity contribution < 1.29 is 23.6 Å². The lowest BCUT2D eigenvalue weighted by Gasteiger charge is -2.36. The smallest absolute Gasteiger partial charge is 0.295 e. The van der Waals surface area contributed by atoms with Crippen molar-refractivity contribution >= 4 is 23.0 Å². The molecule has 1 aliphatic rings. The van der Waals surface area contributed by atoms with Crippen LogP contribution in [0.25, 0.3) is 0 Å². The van der Waals surface area contributed by atoms with Crippen molar-refractivity contribution in [3.8, 4) is 11.5 Å². The number of benzene rings is 2. The summed E-state index contributed by atoms with van der Waals surface area (Å²) >= 11 is 0. The zero-order valence-electron chi connectivity index (χ0n) is 17.7. The van der Waals surface area contributed by atoms with Gasteiger partial charge in [0, 0.05) is 39.6 Å². The molecule has 10 heteroatoms. The van der Waals surface area contributed by atoms with Gasteiger partial charge in [0.2, 0.25) is 5.91 Å². The number of methoxy groups -OCH3 is 2. The van der Waals surface area contributed by atoms with Gasteiger partial charge in [0.1, 0.15) is 5.69 Å². The van der Waals surface area contributed by atoms with Gasteiger partial charge in [0.05, 0.1) is 30.9 Å². The van der Waals surface area contributed by atoms with Crippen molar-refractivity contribution in [2.24, 2.45) is 0 Å². The molecule has 0 aromatic heterocycles. The monoisotopic (exact) mass is 432 g/mol. The number of carbonyl (C=O) groups excluding carboxylic acids is 1. The fraction of sp³-hybridized carbons (Fsp3) is 0.381. The number of hydrogen-bond acceptors (Lipinski definition) is 7. The Morgan fingerprint density at radius 2 is 1.81 bits per heavy atom. The van der Waals surface area contributed by atoms with E-state index < -0.39 is 22.3 Å². The highest BCUT2D eigenvalue weighted by Crippen LogP contribution is 2.33. The van der Waals surface area contributed by atoms with Crippen molar-refractivity contribution in [1.29, 1.82) is 0 Å². The summed E-state index contributed by atoms with van der Waals surface area (Å²) in [5.41, 5.74) is 0.825. The van der Waals surface area contributed by atoms with E-state index in [4.69, 9.17) is 9.47 Å². The molecule has 1 aliphatic heterocycles. The third-order valence-electron chi connectivity index (χ3n) is 5.14. The van der Waals surface area contributed by atoms with Gasteiger partial charge in [-0.25, -0.2) is 4.39 Å². The lowest BCUT2D eigenvalue weighted by molar-refractivity contribution is -0.384. The van der Waals surface area contributed by atoms with E-state index in [0.29, 0.717) is 44.2 Å². The predicted octanol–water partition coefficient (Wildman–Crippen LogP) is 3.03. The van der Waals surface area contributed by atoms with E-state index in [2.05, 4.69) is 10.2 Å². The van der Waals surface area contributed by atoms with Crippen LogP contribution in [0.5, 0.6) is 11.5 Å². The number of nitro benzene ring substituents is 1. The van der Waals surface area contributed by atoms with Gasteiger partial charge in [-0.15, -0.1) is 0 Å². The van der Waals surface area contributed by atoms with Crippen LogP contribution in [0.4, 0.5) is 21.5 Å². The van der Waals surface area contributed by atoms with Crippen LogP contribution in [-0.4, -0.2) is 56.1 Å². The zero-order valence-corrected chi connectivity index (χ0v) is 17.7. The van der Waals surface area contributed by atoms with E-state index in [9.17, 15) is 19.3 Å². The Hall–Kier alpha value is -3.40. The first-order valence-electron chi connectivity index (χ1n) is 9.76. The van der Waals surface area contributed by atoms with Crippen LogP contribution >= 0.6 is 0 Å². The Balaban J connectivity index is 1.70. The maximum Gasteiger partial charge on any atom is 0.295 e. The number of anilines is 2. The molecule has 1 heterocycles. The molecule has 3 rings (SSSR count). The number of hydrogen-bond donors (Lipinski definition) is 1. The molecule has 166 valence electrons. The number of piperazine rings is 1. The lowest BCUT2D eigenvalue weighted by atomic mass is 10.1. The molecule has 0 aliphatic carbocycles. The van der Waals surface area contributed by atoms with Gasteiger partial charge < -0.3 is 19.7 Å². The Kier molecular flexibility index (Phi) is 6.91. The van der Waals surface area contributed by atoms with Crippen molar-refractivity contribution in [2.75, 3.05) is 50.6 Å². The number of ether oxygens (including phenoxy) is 2. The molecule has 0 radical (unpaired) electrons. The maximum absolute atomic E-state index is 14.6. The van der Waals surface area contributed by atoms with Crippen LogP contribution in [0.15, 0.2) is 30.3 Å². The van der Waals surface area contributed by atoms with Crippen molar-refractivity contribution in [3.05, 3.63) is 51.8 Å². The van der Waals surface area contributed by atoms with Crippen LogP contribution in [0.1, 0.15) is 12.5 Å². The minimum absolute atomic E-state index is 0.0124. The molecule has 0 saturated carbocycles. The molecule has 1 fully saturated rings. The molecule has 1 amide bonds. The van der Waals surface area contributed by atoms with E-state index in [1.165, 1.54) is 13.0 Å². The van der Waals surface area contributed by atoms with Crippen LogP contribution in [0.3, 0.4) is 0 Å². The van der Waals surface area contributed by atoms with Crippen LogP contribution in [0, 0.1) is 15.9 Å². The topological polar surface area (TPSA) is 97.2 Å². The summed E-state index contributed by atoms with van der Waals surface area (Å²) in [5.74, 6) is 0.186. The van der Waals surface area contributed by atoms with Crippen molar-refractivity contribution in [3.63, 3.8) is 0 Å². The van der Waals surface area contributed by atoms with Gasteiger partial charge in [-0.1, -0.05) is 6.07 Å². The molecular weight excluding hydrogens is 407 g/mol. The first kappa shape index (κ1) is 22.3. The standard InChI is InChI=1S/C21H25FN4O5/c1-14(27)23-17-12-18(16(22)11-19(17)26(28)29)25-8-6-24(7-9-25)13-15-4-5-20(30-2)21(10-15)31-3/h4-5,10-12H,6-9,13H2,1-3H3,(H,23,27). The number of halogens is 1. The normalized spacial score (nSPS) is 14.3. The Bertz CT molecular complexity index is 976. The molecule has 0 atom stereocenters. The molecule has 1 N–H and O–H groups in total. The largest absolute Gasteiger partial charge is 0.493 e. The lowest BCUT2D eigenvalue weighted by Crippen LogP contribution is -2.46. The molecule has 0 unspecified atom stereocenters. The molecule has 31 heavy (non-hydrogen) atoms. The summed E-state index contributed by atoms with van der Waals surface area (Å²) in [7, 11) is 3.18. The number of carbonyl (C=O) groups is 1. The second-order valence-electron chi connectivity index (χ2n) is 7.21. The Morgan fingerprint density at radius 1 is 1.13 bits per heavy atom. The van der Waals surface area contributed by atoms with Gasteiger partial charge in [0.15, 0.2) is 17.3 Å². The molecule has 9 nitrogen and oxygen atoms in total. The number of rotatable bonds is 7. The highest BCUT2D eigenvalue weighted by molar-refractivity contribution is 5.92. The van der Waals surface area contributed by atoms with E-state index in [-0.39, 0.29) is 11.4 Å². The quantitative estimate of drug-likeness (QED) is 0.531. The minimum atomic E-state index is -0.709. The highest BCUT2D eigenvalue weighted by atomic mass is 19.1. The van der Waals surface area contributed by atoms with E-state index in [1.807, 2.05) is 23.1 Å². The third-order valence-corrected chi connectivity index (χ3v) is 5.14. The maximum atomic E-state index is 14.6. The van der Waals surface area contributed by atoms with E-state index in [1.54, 1.807) is 14.2 Å². The molecule has 1 saturated heterocycles. The van der Waals surface area contributed by atoms with Gasteiger partial charge >= 0.3 is 0 Å². The van der Waals surface area contributed by atoms with E-state index in [0.717, 1.165) is 11.6 Å². The van der Waals surface area contributed by atoms with Crippen LogP contribution in [0.2, 0.25) is 0 Å². The highest BCUT2D eigenvalue weighted by Gasteiger charge is 2.25. The van der Waals surface area contributed by atoms with E-state index >= 15 is 0 Å². The number of nitro groups is 1. The van der Waals surface area contributed by atoms with Gasteiger partial charge in [0.25, 0.3) is 5.69 Å². The van der Waals surface area contributed by atoms with Crippen molar-refractivity contribution in [2.45, 2.75) is 13.5 Å². The average Bonchev–Trinajstić information content (AvgIpc) is 2.74. The Morgan fingerprint density at radius 3 is 2.39 bits per heavy atom. The second kappa shape index (κ2) is 9.61. The molecule has 0 spiro atoms. The molecule has 2 aromatic carbocycles. The molecular formula is C21H25FN4O5. The fourth-order valence-corrected chi connectivity index (χ4v) is 3.62. The summed E-state index contributed by atoms with van der Waals surface area (Å²) in [6, 6.07) is 7.96. The summed E-state index contributed by atoms with van der Waals surface area (Å²) in [6.07, 6.45) is 0. The van der Waals surface area contributed by atoms with Crippen LogP contribution < -0.4 is 19.7 Å². The van der Waals surface area contributed by atoms with Crippen molar-refractivity contribution in [1.82, 2.24) is 4.90 Å². The number of nitrogens with one attached hydrogen (secondary N) is 1.